The van der Waals surface area contributed by atoms with Crippen LogP contribution in [0.5, 0.6) is 0 Å². The summed E-state index contributed by atoms with van der Waals surface area (Å²) in [4.78, 5) is 0. The van der Waals surface area contributed by atoms with Crippen LogP contribution in [-0.4, -0.2) is 18.3 Å². The molecule has 1 rings (SSSR count). The molecular formula is C4H7F3N2. The third-order valence-electron chi connectivity index (χ3n) is 1.51. The second-order valence-electron chi connectivity index (χ2n) is 2.22. The molecule has 0 unspecified atom stereocenters. The molecular weight excluding hydrogens is 133 g/mol. The van der Waals surface area contributed by atoms with Gasteiger partial charge in [0.1, 0.15) is 0 Å². The van der Waals surface area contributed by atoms with Crippen molar-refractivity contribution in [3.05, 3.63) is 0 Å². The van der Waals surface area contributed by atoms with E-state index in [4.69, 9.17) is 11.5 Å². The zero-order valence-electron chi connectivity index (χ0n) is 4.52. The molecule has 1 fully saturated rings. The Labute approximate surface area is 50.0 Å². The van der Waals surface area contributed by atoms with E-state index in [0.717, 1.165) is 0 Å². The number of halogens is 3. The van der Waals surface area contributed by atoms with Crippen LogP contribution in [0.2, 0.25) is 0 Å². The molecule has 0 saturated heterocycles. The molecule has 0 aromatic heterocycles. The van der Waals surface area contributed by atoms with Gasteiger partial charge in [-0.25, -0.2) is 0 Å². The van der Waals surface area contributed by atoms with E-state index < -0.39 is 24.2 Å². The summed E-state index contributed by atoms with van der Waals surface area (Å²) in [6, 6.07) is -1.74. The van der Waals surface area contributed by atoms with Crippen molar-refractivity contribution in [1.29, 1.82) is 0 Å². The molecule has 1 aliphatic rings. The van der Waals surface area contributed by atoms with Crippen LogP contribution in [0.4, 0.5) is 13.2 Å². The summed E-state index contributed by atoms with van der Waals surface area (Å²) in [7, 11) is 0. The average Bonchev–Trinajstić information content (AvgIpc) is 2.11. The number of hydrogen-bond donors (Lipinski definition) is 2. The fourth-order valence-corrected chi connectivity index (χ4v) is 0.796. The molecule has 0 aliphatic heterocycles. The minimum Gasteiger partial charge on any atom is -0.326 e. The molecule has 2 nitrogen and oxygen atoms in total. The Morgan fingerprint density at radius 2 is 1.33 bits per heavy atom. The zero-order chi connectivity index (χ0) is 7.23. The summed E-state index contributed by atoms with van der Waals surface area (Å²) in [6.07, 6.45) is -4.20. The Bertz CT molecular complexity index is 113. The molecule has 0 aromatic carbocycles. The molecule has 0 aromatic rings. The normalized spacial score (nSPS) is 43.0. The van der Waals surface area contributed by atoms with Gasteiger partial charge in [-0.15, -0.1) is 0 Å². The highest BCUT2D eigenvalue weighted by molar-refractivity contribution is 5.08. The van der Waals surface area contributed by atoms with Crippen molar-refractivity contribution in [2.24, 2.45) is 17.4 Å². The summed E-state index contributed by atoms with van der Waals surface area (Å²) < 4.78 is 34.7. The van der Waals surface area contributed by atoms with Crippen LogP contribution in [-0.2, 0) is 0 Å². The summed E-state index contributed by atoms with van der Waals surface area (Å²) in [6.45, 7) is 0. The van der Waals surface area contributed by atoms with Gasteiger partial charge < -0.3 is 11.5 Å². The highest BCUT2D eigenvalue weighted by Crippen LogP contribution is 2.42. The lowest BCUT2D eigenvalue weighted by molar-refractivity contribution is -0.149. The number of rotatable bonds is 0. The topological polar surface area (TPSA) is 52.0 Å². The maximum atomic E-state index is 11.6. The lowest BCUT2D eigenvalue weighted by Gasteiger charge is -2.01. The van der Waals surface area contributed by atoms with Crippen LogP contribution in [0.25, 0.3) is 0 Å². The first kappa shape index (κ1) is 6.82. The fourth-order valence-electron chi connectivity index (χ4n) is 0.796. The summed E-state index contributed by atoms with van der Waals surface area (Å²) in [5, 5.41) is 0. The molecule has 5 heteroatoms. The summed E-state index contributed by atoms with van der Waals surface area (Å²) >= 11 is 0. The maximum absolute atomic E-state index is 11.6. The molecule has 0 spiro atoms. The Balaban J connectivity index is 2.50. The Hall–Kier alpha value is -0.290. The van der Waals surface area contributed by atoms with E-state index in [1.165, 1.54) is 0 Å². The average molecular weight is 140 g/mol. The minimum atomic E-state index is -4.20. The van der Waals surface area contributed by atoms with Crippen LogP contribution in [0.15, 0.2) is 0 Å². The fraction of sp³-hybridized carbons (Fsp3) is 1.00. The first-order valence-electron chi connectivity index (χ1n) is 2.52. The van der Waals surface area contributed by atoms with Gasteiger partial charge in [0.2, 0.25) is 0 Å². The lowest BCUT2D eigenvalue weighted by atomic mass is 10.4. The van der Waals surface area contributed by atoms with Crippen molar-refractivity contribution < 1.29 is 13.2 Å². The van der Waals surface area contributed by atoms with E-state index in [9.17, 15) is 13.2 Å². The van der Waals surface area contributed by atoms with Gasteiger partial charge in [0.25, 0.3) is 0 Å². The van der Waals surface area contributed by atoms with Gasteiger partial charge >= 0.3 is 6.18 Å². The van der Waals surface area contributed by atoms with E-state index in [-0.39, 0.29) is 0 Å². The third kappa shape index (κ3) is 1.02. The van der Waals surface area contributed by atoms with E-state index in [1.54, 1.807) is 0 Å². The predicted molar refractivity (Wildman–Crippen MR) is 25.5 cm³/mol. The molecule has 1 saturated carbocycles. The van der Waals surface area contributed by atoms with Gasteiger partial charge in [0.05, 0.1) is 5.92 Å². The number of nitrogens with two attached hydrogens (primary N) is 2. The second-order valence-corrected chi connectivity index (χ2v) is 2.22. The molecule has 54 valence electrons. The molecule has 9 heavy (non-hydrogen) atoms. The highest BCUT2D eigenvalue weighted by atomic mass is 19.4. The van der Waals surface area contributed by atoms with E-state index in [0.29, 0.717) is 0 Å². The van der Waals surface area contributed by atoms with Crippen molar-refractivity contribution in [2.75, 3.05) is 0 Å². The summed E-state index contributed by atoms with van der Waals surface area (Å²) in [5.74, 6) is -1.46. The minimum absolute atomic E-state index is 0.870. The van der Waals surface area contributed by atoms with Gasteiger partial charge in [-0.2, -0.15) is 13.2 Å². The molecule has 0 heterocycles. The van der Waals surface area contributed by atoms with Gasteiger partial charge in [0.15, 0.2) is 0 Å². The Morgan fingerprint density at radius 3 is 1.33 bits per heavy atom. The van der Waals surface area contributed by atoms with E-state index >= 15 is 0 Å². The molecule has 2 atom stereocenters. The number of hydrogen-bond acceptors (Lipinski definition) is 2. The van der Waals surface area contributed by atoms with Crippen molar-refractivity contribution in [1.82, 2.24) is 0 Å². The van der Waals surface area contributed by atoms with Crippen LogP contribution in [0, 0.1) is 5.92 Å². The van der Waals surface area contributed by atoms with Crippen molar-refractivity contribution in [3.63, 3.8) is 0 Å². The highest BCUT2D eigenvalue weighted by Gasteiger charge is 2.61. The number of alkyl halides is 3. The maximum Gasteiger partial charge on any atom is 0.394 e. The first-order chi connectivity index (χ1) is 3.94. The van der Waals surface area contributed by atoms with E-state index in [2.05, 4.69) is 0 Å². The third-order valence-corrected chi connectivity index (χ3v) is 1.51. The van der Waals surface area contributed by atoms with Crippen LogP contribution >= 0.6 is 0 Å². The van der Waals surface area contributed by atoms with Crippen LogP contribution in [0.1, 0.15) is 0 Å². The molecule has 0 bridgehead atoms. The van der Waals surface area contributed by atoms with Crippen molar-refractivity contribution in [3.8, 4) is 0 Å². The smallest absolute Gasteiger partial charge is 0.326 e. The first-order valence-corrected chi connectivity index (χ1v) is 2.52. The van der Waals surface area contributed by atoms with Gasteiger partial charge in [-0.05, 0) is 0 Å². The monoisotopic (exact) mass is 140 g/mol. The van der Waals surface area contributed by atoms with E-state index in [1.807, 2.05) is 0 Å². The molecule has 1 aliphatic carbocycles. The summed E-state index contributed by atoms with van der Waals surface area (Å²) in [5.41, 5.74) is 9.90. The zero-order valence-corrected chi connectivity index (χ0v) is 4.52. The second kappa shape index (κ2) is 1.60. The quantitative estimate of drug-likeness (QED) is 0.491. The van der Waals surface area contributed by atoms with Crippen molar-refractivity contribution >= 4 is 0 Å². The van der Waals surface area contributed by atoms with Crippen LogP contribution < -0.4 is 11.5 Å². The lowest BCUT2D eigenvalue weighted by Crippen LogP contribution is -2.17. The van der Waals surface area contributed by atoms with Crippen molar-refractivity contribution in [2.45, 2.75) is 18.3 Å². The van der Waals surface area contributed by atoms with Gasteiger partial charge in [-0.3, -0.25) is 0 Å². The standard InChI is InChI=1S/C4H7F3N2/c5-4(6,7)1-2(8)3(1)9/h1-3H,8-9H2/t2-,3-/m0/s1. The predicted octanol–water partition coefficient (Wildman–Crippen LogP) is -0.167. The SMILES string of the molecule is N[C@H]1C(C(F)(F)F)[C@@H]1N. The molecule has 4 N–H and O–H groups in total. The van der Waals surface area contributed by atoms with Crippen LogP contribution in [0.3, 0.4) is 0 Å². The molecule has 0 radical (unpaired) electrons. The van der Waals surface area contributed by atoms with Gasteiger partial charge in [0, 0.05) is 12.1 Å². The Kier molecular flexibility index (Phi) is 1.22. The molecule has 0 amide bonds. The Morgan fingerprint density at radius 1 is 1.00 bits per heavy atom. The largest absolute Gasteiger partial charge is 0.394 e. The van der Waals surface area contributed by atoms with Gasteiger partial charge in [-0.1, -0.05) is 0 Å².